The van der Waals surface area contributed by atoms with Gasteiger partial charge in [-0.3, -0.25) is 0 Å². The zero-order valence-electron chi connectivity index (χ0n) is 10.2. The summed E-state index contributed by atoms with van der Waals surface area (Å²) in [6.45, 7) is 6.63. The van der Waals surface area contributed by atoms with E-state index in [4.69, 9.17) is 9.68 Å². The fraction of sp³-hybridized carbons (Fsp3) is 0.818. The molecule has 0 unspecified atom stereocenters. The van der Waals surface area contributed by atoms with E-state index < -0.39 is 11.2 Å². The molecule has 1 radical (unpaired) electrons. The van der Waals surface area contributed by atoms with Crippen molar-refractivity contribution >= 4 is 7.69 Å². The van der Waals surface area contributed by atoms with E-state index in [1.807, 2.05) is 0 Å². The molecule has 4 heteroatoms. The Morgan fingerprint density at radius 1 is 1.13 bits per heavy atom. The third-order valence-corrected chi connectivity index (χ3v) is 2.73. The highest BCUT2D eigenvalue weighted by molar-refractivity contribution is 6.16. The van der Waals surface area contributed by atoms with E-state index >= 15 is 0 Å². The molecule has 0 aromatic heterocycles. The van der Waals surface area contributed by atoms with Crippen molar-refractivity contribution in [3.05, 3.63) is 12.2 Å². The monoisotopic (exact) mass is 213 g/mol. The van der Waals surface area contributed by atoms with Crippen molar-refractivity contribution < 1.29 is 14.8 Å². The Kier molecular flexibility index (Phi) is 6.17. The molecule has 87 valence electrons. The molecule has 0 atom stereocenters. The molecule has 15 heavy (non-hydrogen) atoms. The van der Waals surface area contributed by atoms with E-state index in [2.05, 4.69) is 12.2 Å². The standard InChI is InChI=1S/C6H14BO3.C5H8/c1-5(2,8)6(3,4)10-7-9;1-2-4-5-3-1/h8-9H,1-4H3;1-2H,3-5H2. The Labute approximate surface area is 93.5 Å². The van der Waals surface area contributed by atoms with Crippen molar-refractivity contribution in [1.29, 1.82) is 0 Å². The van der Waals surface area contributed by atoms with Gasteiger partial charge in [-0.1, -0.05) is 12.2 Å². The zero-order valence-corrected chi connectivity index (χ0v) is 10.2. The van der Waals surface area contributed by atoms with Crippen LogP contribution in [0, 0.1) is 0 Å². The van der Waals surface area contributed by atoms with Crippen LogP contribution in [-0.4, -0.2) is 29.0 Å². The van der Waals surface area contributed by atoms with Crippen molar-refractivity contribution in [2.24, 2.45) is 0 Å². The Bertz CT molecular complexity index is 188. The fourth-order valence-corrected chi connectivity index (χ4v) is 0.865. The van der Waals surface area contributed by atoms with Gasteiger partial charge in [0, 0.05) is 0 Å². The number of aliphatic hydroxyl groups is 1. The summed E-state index contributed by atoms with van der Waals surface area (Å²) in [5.74, 6) is 0. The SMILES string of the molecule is C1=CCCC1.CC(C)(O)C(C)(C)O[B]O. The van der Waals surface area contributed by atoms with Crippen molar-refractivity contribution in [3.63, 3.8) is 0 Å². The summed E-state index contributed by atoms with van der Waals surface area (Å²) in [6, 6.07) is 0. The molecule has 1 aliphatic carbocycles. The molecule has 3 nitrogen and oxygen atoms in total. The average Bonchev–Trinajstić information content (AvgIpc) is 2.57. The highest BCUT2D eigenvalue weighted by Crippen LogP contribution is 2.23. The van der Waals surface area contributed by atoms with Gasteiger partial charge in [0.1, 0.15) is 0 Å². The van der Waals surface area contributed by atoms with Crippen LogP contribution in [0.5, 0.6) is 0 Å². The second-order valence-electron chi connectivity index (χ2n) is 4.69. The van der Waals surface area contributed by atoms with Crippen molar-refractivity contribution in [2.75, 3.05) is 0 Å². The van der Waals surface area contributed by atoms with Crippen LogP contribution in [0.15, 0.2) is 12.2 Å². The maximum absolute atomic E-state index is 9.42. The second kappa shape index (κ2) is 6.31. The van der Waals surface area contributed by atoms with E-state index in [1.54, 1.807) is 27.7 Å². The highest BCUT2D eigenvalue weighted by Gasteiger charge is 2.35. The predicted molar refractivity (Wildman–Crippen MR) is 62.4 cm³/mol. The third-order valence-electron chi connectivity index (χ3n) is 2.73. The summed E-state index contributed by atoms with van der Waals surface area (Å²) in [5, 5.41) is 17.7. The first-order valence-corrected chi connectivity index (χ1v) is 5.32. The topological polar surface area (TPSA) is 49.7 Å². The van der Waals surface area contributed by atoms with Crippen molar-refractivity contribution in [1.82, 2.24) is 0 Å². The van der Waals surface area contributed by atoms with E-state index in [1.165, 1.54) is 19.3 Å². The molecule has 0 bridgehead atoms. The Hall–Kier alpha value is -0.315. The molecule has 0 heterocycles. The summed E-state index contributed by atoms with van der Waals surface area (Å²) in [5.41, 5.74) is -1.73. The molecule has 0 saturated heterocycles. The van der Waals surface area contributed by atoms with Gasteiger partial charge in [0.15, 0.2) is 0 Å². The van der Waals surface area contributed by atoms with E-state index in [0.29, 0.717) is 7.69 Å². The molecule has 0 amide bonds. The maximum atomic E-state index is 9.42. The van der Waals surface area contributed by atoms with Crippen LogP contribution in [-0.2, 0) is 4.65 Å². The number of rotatable bonds is 3. The van der Waals surface area contributed by atoms with Crippen LogP contribution in [0.4, 0.5) is 0 Å². The summed E-state index contributed by atoms with van der Waals surface area (Å²) in [7, 11) is 0.595. The van der Waals surface area contributed by atoms with Gasteiger partial charge in [-0.15, -0.1) is 0 Å². The quantitative estimate of drug-likeness (QED) is 0.555. The summed E-state index contributed by atoms with van der Waals surface area (Å²) in [4.78, 5) is 0. The van der Waals surface area contributed by atoms with Gasteiger partial charge in [0.2, 0.25) is 0 Å². The lowest BCUT2D eigenvalue weighted by Gasteiger charge is -2.36. The normalized spacial score (nSPS) is 15.9. The molecule has 0 aliphatic heterocycles. The lowest BCUT2D eigenvalue weighted by Crippen LogP contribution is -2.47. The lowest BCUT2D eigenvalue weighted by molar-refractivity contribution is -0.0956. The number of allylic oxidation sites excluding steroid dienone is 2. The Morgan fingerprint density at radius 3 is 1.73 bits per heavy atom. The number of hydrogen-bond acceptors (Lipinski definition) is 3. The number of hydrogen-bond donors (Lipinski definition) is 2. The van der Waals surface area contributed by atoms with E-state index in [0.717, 1.165) is 0 Å². The lowest BCUT2D eigenvalue weighted by atomic mass is 9.89. The van der Waals surface area contributed by atoms with Crippen LogP contribution in [0.1, 0.15) is 47.0 Å². The molecule has 2 N–H and O–H groups in total. The molecule has 0 fully saturated rings. The van der Waals surface area contributed by atoms with E-state index in [-0.39, 0.29) is 0 Å². The van der Waals surface area contributed by atoms with Crippen molar-refractivity contribution in [3.8, 4) is 0 Å². The summed E-state index contributed by atoms with van der Waals surface area (Å²) in [6.07, 6.45) is 8.50. The van der Waals surface area contributed by atoms with Gasteiger partial charge in [-0.25, -0.2) is 0 Å². The first-order chi connectivity index (χ1) is 6.81. The van der Waals surface area contributed by atoms with Crippen LogP contribution < -0.4 is 0 Å². The smallest absolute Gasteiger partial charge is 0.429 e. The Morgan fingerprint density at radius 2 is 1.60 bits per heavy atom. The molecule has 0 aromatic carbocycles. The molecular formula is C11H22BO3. The first kappa shape index (κ1) is 14.7. The van der Waals surface area contributed by atoms with Crippen LogP contribution >= 0.6 is 0 Å². The van der Waals surface area contributed by atoms with E-state index in [9.17, 15) is 5.11 Å². The van der Waals surface area contributed by atoms with Gasteiger partial charge in [0.25, 0.3) is 0 Å². The molecule has 1 rings (SSSR count). The molecule has 0 spiro atoms. The van der Waals surface area contributed by atoms with Gasteiger partial charge in [0.05, 0.1) is 11.2 Å². The van der Waals surface area contributed by atoms with Crippen LogP contribution in [0.3, 0.4) is 0 Å². The third kappa shape index (κ3) is 5.97. The summed E-state index contributed by atoms with van der Waals surface area (Å²) < 4.78 is 4.77. The first-order valence-electron chi connectivity index (χ1n) is 5.32. The molecule has 0 saturated carbocycles. The second-order valence-corrected chi connectivity index (χ2v) is 4.69. The van der Waals surface area contributed by atoms with Crippen LogP contribution in [0.25, 0.3) is 0 Å². The molecule has 1 aliphatic rings. The molecule has 0 aromatic rings. The van der Waals surface area contributed by atoms with Gasteiger partial charge in [-0.05, 0) is 47.0 Å². The van der Waals surface area contributed by atoms with Gasteiger partial charge < -0.3 is 14.8 Å². The minimum absolute atomic E-state index is 0.595. The largest absolute Gasteiger partial charge is 0.485 e. The van der Waals surface area contributed by atoms with Crippen LogP contribution in [0.2, 0.25) is 0 Å². The predicted octanol–water partition coefficient (Wildman–Crippen LogP) is 1.81. The summed E-state index contributed by atoms with van der Waals surface area (Å²) >= 11 is 0. The van der Waals surface area contributed by atoms with Gasteiger partial charge >= 0.3 is 7.69 Å². The molecular weight excluding hydrogens is 191 g/mol. The maximum Gasteiger partial charge on any atom is 0.485 e. The highest BCUT2D eigenvalue weighted by atomic mass is 16.5. The Balaban J connectivity index is 0.000000322. The van der Waals surface area contributed by atoms with Gasteiger partial charge in [-0.2, -0.15) is 0 Å². The minimum Gasteiger partial charge on any atom is -0.429 e. The van der Waals surface area contributed by atoms with Crippen molar-refractivity contribution in [2.45, 2.75) is 58.2 Å². The minimum atomic E-state index is -0.966. The average molecular weight is 213 g/mol. The zero-order chi connectivity index (χ0) is 11.9. The fourth-order valence-electron chi connectivity index (χ4n) is 0.865.